The summed E-state index contributed by atoms with van der Waals surface area (Å²) in [6, 6.07) is 6.79. The Morgan fingerprint density at radius 1 is 1.37 bits per heavy atom. The second-order valence-corrected chi connectivity index (χ2v) is 5.97. The number of fused-ring (bicyclic) bond motifs is 1. The third kappa shape index (κ3) is 2.63. The maximum absolute atomic E-state index is 5.87. The summed E-state index contributed by atoms with van der Waals surface area (Å²) in [5, 5.41) is 3.63. The summed E-state index contributed by atoms with van der Waals surface area (Å²) in [6.45, 7) is 8.46. The zero-order valence-electron chi connectivity index (χ0n) is 12.8. The Morgan fingerprint density at radius 3 is 2.74 bits per heavy atom. The topological polar surface area (TPSA) is 24.5 Å². The van der Waals surface area contributed by atoms with E-state index in [1.54, 1.807) is 0 Å². The molecule has 1 aromatic rings. The minimum atomic E-state index is 0.0249. The van der Waals surface area contributed by atoms with Crippen LogP contribution in [0.15, 0.2) is 18.2 Å². The van der Waals surface area contributed by atoms with Crippen LogP contribution in [0.3, 0.4) is 0 Å². The Hall–Kier alpha value is -1.06. The first-order valence-electron chi connectivity index (χ1n) is 7.14. The molecule has 106 valence electrons. The maximum atomic E-state index is 5.87. The van der Waals surface area contributed by atoms with Gasteiger partial charge in [-0.2, -0.15) is 0 Å². The maximum Gasteiger partial charge on any atom is 0.127 e. The van der Waals surface area contributed by atoms with Crippen LogP contribution in [0.4, 0.5) is 0 Å². The molecular weight excluding hydrogens is 236 g/mol. The van der Waals surface area contributed by atoms with Gasteiger partial charge in [0.05, 0.1) is 12.6 Å². The highest BCUT2D eigenvalue weighted by Gasteiger charge is 2.35. The van der Waals surface area contributed by atoms with Gasteiger partial charge in [-0.3, -0.25) is 0 Å². The smallest absolute Gasteiger partial charge is 0.127 e. The monoisotopic (exact) mass is 262 g/mol. The van der Waals surface area contributed by atoms with Crippen molar-refractivity contribution in [2.75, 3.05) is 27.2 Å². The van der Waals surface area contributed by atoms with E-state index in [0.717, 1.165) is 25.3 Å². The molecule has 1 N–H and O–H groups in total. The first-order chi connectivity index (χ1) is 8.98. The summed E-state index contributed by atoms with van der Waals surface area (Å²) in [7, 11) is 4.27. The predicted molar refractivity (Wildman–Crippen MR) is 79.8 cm³/mol. The summed E-state index contributed by atoms with van der Waals surface area (Å²) in [5.74, 6) is 1.10. The predicted octanol–water partition coefficient (Wildman–Crippen LogP) is 2.61. The molecular formula is C16H26N2O. The Kier molecular flexibility index (Phi) is 4.16. The van der Waals surface area contributed by atoms with Crippen LogP contribution in [-0.2, 0) is 6.42 Å². The van der Waals surface area contributed by atoms with Gasteiger partial charge in [-0.15, -0.1) is 0 Å². The molecule has 19 heavy (non-hydrogen) atoms. The molecule has 0 saturated heterocycles. The van der Waals surface area contributed by atoms with Gasteiger partial charge in [-0.25, -0.2) is 0 Å². The van der Waals surface area contributed by atoms with Gasteiger partial charge in [-0.05, 0) is 40.1 Å². The van der Waals surface area contributed by atoms with Crippen LogP contribution in [0.2, 0.25) is 0 Å². The van der Waals surface area contributed by atoms with Gasteiger partial charge in [0.15, 0.2) is 0 Å². The van der Waals surface area contributed by atoms with Gasteiger partial charge < -0.3 is 15.0 Å². The number of benzene rings is 1. The van der Waals surface area contributed by atoms with Crippen LogP contribution in [0, 0.1) is 0 Å². The van der Waals surface area contributed by atoms with Crippen molar-refractivity contribution in [2.45, 2.75) is 38.8 Å². The molecule has 0 saturated carbocycles. The number of likely N-dealkylation sites (N-methyl/N-ethyl adjacent to an activating group) is 2. The fourth-order valence-electron chi connectivity index (χ4n) is 2.67. The summed E-state index contributed by atoms with van der Waals surface area (Å²) in [4.78, 5) is 2.27. The molecule has 0 aliphatic carbocycles. The molecule has 0 bridgehead atoms. The molecule has 0 aromatic heterocycles. The average Bonchev–Trinajstić information content (AvgIpc) is 2.83. The van der Waals surface area contributed by atoms with Gasteiger partial charge in [0.25, 0.3) is 0 Å². The Balaban J connectivity index is 2.43. The van der Waals surface area contributed by atoms with E-state index in [9.17, 15) is 0 Å². The first-order valence-corrected chi connectivity index (χ1v) is 7.14. The van der Waals surface area contributed by atoms with E-state index in [0.29, 0.717) is 0 Å². The third-order valence-electron chi connectivity index (χ3n) is 4.32. The molecule has 0 fully saturated rings. The van der Waals surface area contributed by atoms with E-state index in [4.69, 9.17) is 4.74 Å². The van der Waals surface area contributed by atoms with Gasteiger partial charge in [0, 0.05) is 17.5 Å². The van der Waals surface area contributed by atoms with Crippen molar-refractivity contribution >= 4 is 0 Å². The van der Waals surface area contributed by atoms with Gasteiger partial charge in [0.2, 0.25) is 0 Å². The number of rotatable bonds is 5. The molecule has 0 amide bonds. The van der Waals surface area contributed by atoms with Crippen LogP contribution in [0.5, 0.6) is 5.75 Å². The molecule has 1 atom stereocenters. The standard InChI is InChI=1S/C16H26N2O/c1-6-17-15(16(2,3)18(4)5)13-9-7-8-12-10-11-19-14(12)13/h7-9,15,17H,6,10-11H2,1-5H3. The number of nitrogens with zero attached hydrogens (tertiary/aromatic N) is 1. The van der Waals surface area contributed by atoms with E-state index >= 15 is 0 Å². The molecule has 0 spiro atoms. The second-order valence-electron chi connectivity index (χ2n) is 5.97. The Labute approximate surface area is 116 Å². The van der Waals surface area contributed by atoms with Crippen LogP contribution in [-0.4, -0.2) is 37.7 Å². The van der Waals surface area contributed by atoms with Crippen molar-refractivity contribution in [3.05, 3.63) is 29.3 Å². The fourth-order valence-corrected chi connectivity index (χ4v) is 2.67. The molecule has 1 aliphatic heterocycles. The summed E-state index contributed by atoms with van der Waals surface area (Å²) in [5.41, 5.74) is 2.65. The highest BCUT2D eigenvalue weighted by Crippen LogP contribution is 2.39. The minimum absolute atomic E-state index is 0.0249. The molecule has 3 nitrogen and oxygen atoms in total. The van der Waals surface area contributed by atoms with E-state index < -0.39 is 0 Å². The highest BCUT2D eigenvalue weighted by atomic mass is 16.5. The Bertz CT molecular complexity index is 440. The third-order valence-corrected chi connectivity index (χ3v) is 4.32. The lowest BCUT2D eigenvalue weighted by Gasteiger charge is -2.41. The molecule has 0 radical (unpaired) electrons. The zero-order chi connectivity index (χ0) is 14.0. The van der Waals surface area contributed by atoms with Crippen LogP contribution < -0.4 is 10.1 Å². The number of para-hydroxylation sites is 1. The van der Waals surface area contributed by atoms with Gasteiger partial charge in [0.1, 0.15) is 5.75 Å². The van der Waals surface area contributed by atoms with Gasteiger partial charge in [-0.1, -0.05) is 25.1 Å². The van der Waals surface area contributed by atoms with Crippen LogP contribution in [0.1, 0.15) is 37.9 Å². The van der Waals surface area contributed by atoms with E-state index in [1.807, 2.05) is 0 Å². The quantitative estimate of drug-likeness (QED) is 0.883. The zero-order valence-corrected chi connectivity index (χ0v) is 12.8. The molecule has 1 aromatic carbocycles. The minimum Gasteiger partial charge on any atom is -0.493 e. The first kappa shape index (κ1) is 14.4. The number of hydrogen-bond donors (Lipinski definition) is 1. The number of hydrogen-bond acceptors (Lipinski definition) is 3. The second kappa shape index (κ2) is 5.51. The van der Waals surface area contributed by atoms with Crippen molar-refractivity contribution in [3.63, 3.8) is 0 Å². The normalized spacial score (nSPS) is 16.3. The van der Waals surface area contributed by atoms with E-state index in [2.05, 4.69) is 63.3 Å². The fraction of sp³-hybridized carbons (Fsp3) is 0.625. The van der Waals surface area contributed by atoms with E-state index in [1.165, 1.54) is 11.1 Å². The van der Waals surface area contributed by atoms with Crippen molar-refractivity contribution in [1.29, 1.82) is 0 Å². The molecule has 3 heteroatoms. The largest absolute Gasteiger partial charge is 0.493 e. The van der Waals surface area contributed by atoms with Gasteiger partial charge >= 0.3 is 0 Å². The van der Waals surface area contributed by atoms with Crippen LogP contribution in [0.25, 0.3) is 0 Å². The summed E-state index contributed by atoms with van der Waals surface area (Å²) < 4.78 is 5.87. The molecule has 1 aliphatic rings. The molecule has 1 unspecified atom stereocenters. The lowest BCUT2D eigenvalue weighted by atomic mass is 9.86. The Morgan fingerprint density at radius 2 is 2.11 bits per heavy atom. The van der Waals surface area contributed by atoms with Crippen molar-refractivity contribution < 1.29 is 4.74 Å². The van der Waals surface area contributed by atoms with Crippen LogP contribution >= 0.6 is 0 Å². The summed E-state index contributed by atoms with van der Waals surface area (Å²) in [6.07, 6.45) is 1.03. The molecule has 1 heterocycles. The van der Waals surface area contributed by atoms with E-state index in [-0.39, 0.29) is 11.6 Å². The van der Waals surface area contributed by atoms with Crippen molar-refractivity contribution in [2.24, 2.45) is 0 Å². The summed E-state index contributed by atoms with van der Waals surface area (Å²) >= 11 is 0. The highest BCUT2D eigenvalue weighted by molar-refractivity contribution is 5.46. The average molecular weight is 262 g/mol. The molecule has 2 rings (SSSR count). The van der Waals surface area contributed by atoms with Crippen molar-refractivity contribution in [1.82, 2.24) is 10.2 Å². The SMILES string of the molecule is CCNC(c1cccc2c1OCC2)C(C)(C)N(C)C. The number of nitrogens with one attached hydrogen (secondary N) is 1. The lowest BCUT2D eigenvalue weighted by Crippen LogP contribution is -2.49. The lowest BCUT2D eigenvalue weighted by molar-refractivity contribution is 0.137. The number of ether oxygens (including phenoxy) is 1. The van der Waals surface area contributed by atoms with Crippen molar-refractivity contribution in [3.8, 4) is 5.75 Å².